The lowest BCUT2D eigenvalue weighted by molar-refractivity contribution is 0.0600. The molecule has 0 unspecified atom stereocenters. The number of amides is 1. The topological polar surface area (TPSA) is 72.7 Å². The fourth-order valence-electron chi connectivity index (χ4n) is 2.38. The van der Waals surface area contributed by atoms with Gasteiger partial charge in [-0.3, -0.25) is 4.79 Å². The van der Waals surface area contributed by atoms with Crippen molar-refractivity contribution in [1.29, 1.82) is 0 Å². The summed E-state index contributed by atoms with van der Waals surface area (Å²) in [4.78, 5) is 28.4. The Balaban J connectivity index is 1.89. The van der Waals surface area contributed by atoms with E-state index < -0.39 is 5.97 Å². The zero-order chi connectivity index (χ0) is 17.3. The first-order valence-electron chi connectivity index (χ1n) is 7.43. The number of esters is 1. The molecule has 6 nitrogen and oxygen atoms in total. The third kappa shape index (κ3) is 2.99. The maximum Gasteiger partial charge on any atom is 0.337 e. The maximum atomic E-state index is 12.5. The molecule has 1 amide bonds. The van der Waals surface area contributed by atoms with E-state index >= 15 is 0 Å². The first-order valence-corrected chi connectivity index (χ1v) is 7.43. The van der Waals surface area contributed by atoms with E-state index in [2.05, 4.69) is 10.3 Å². The first kappa shape index (κ1) is 15.7. The van der Waals surface area contributed by atoms with Gasteiger partial charge in [0.05, 0.1) is 12.7 Å². The fourth-order valence-corrected chi connectivity index (χ4v) is 2.38. The molecule has 1 aromatic carbocycles. The molecule has 2 heterocycles. The number of rotatable bonds is 3. The fraction of sp³-hybridized carbons (Fsp3) is 0.167. The lowest BCUT2D eigenvalue weighted by Crippen LogP contribution is -2.14. The monoisotopic (exact) mass is 323 g/mol. The lowest BCUT2D eigenvalue weighted by Gasteiger charge is -2.09. The third-order valence-electron chi connectivity index (χ3n) is 3.76. The molecule has 0 radical (unpaired) electrons. The van der Waals surface area contributed by atoms with Crippen LogP contribution in [-0.4, -0.2) is 28.4 Å². The van der Waals surface area contributed by atoms with E-state index in [1.54, 1.807) is 28.8 Å². The van der Waals surface area contributed by atoms with Crippen molar-refractivity contribution in [1.82, 2.24) is 9.38 Å². The van der Waals surface area contributed by atoms with Crippen LogP contribution in [-0.2, 0) is 4.74 Å². The van der Waals surface area contributed by atoms with Gasteiger partial charge in [-0.05, 0) is 49.2 Å². The summed E-state index contributed by atoms with van der Waals surface area (Å²) in [6.07, 6.45) is 3.53. The summed E-state index contributed by atoms with van der Waals surface area (Å²) in [6, 6.07) is 8.86. The van der Waals surface area contributed by atoms with Gasteiger partial charge in [-0.2, -0.15) is 0 Å². The van der Waals surface area contributed by atoms with Crippen LogP contribution >= 0.6 is 0 Å². The minimum Gasteiger partial charge on any atom is -0.465 e. The Kier molecular flexibility index (Phi) is 4.04. The van der Waals surface area contributed by atoms with Gasteiger partial charge in [0.25, 0.3) is 5.91 Å². The molecule has 3 rings (SSSR count). The van der Waals surface area contributed by atoms with Crippen LogP contribution < -0.4 is 5.32 Å². The number of imidazole rings is 1. The molecule has 0 aliphatic heterocycles. The van der Waals surface area contributed by atoms with E-state index in [9.17, 15) is 9.59 Å². The molecule has 0 saturated heterocycles. The van der Waals surface area contributed by atoms with Crippen LogP contribution in [0.4, 0.5) is 5.69 Å². The van der Waals surface area contributed by atoms with Crippen LogP contribution in [0.5, 0.6) is 0 Å². The number of methoxy groups -OCH3 is 1. The van der Waals surface area contributed by atoms with Gasteiger partial charge in [-0.1, -0.05) is 6.07 Å². The quantitative estimate of drug-likeness (QED) is 0.752. The number of aromatic nitrogens is 2. The Morgan fingerprint density at radius 3 is 2.71 bits per heavy atom. The van der Waals surface area contributed by atoms with E-state index in [1.807, 2.05) is 32.2 Å². The molecule has 0 fully saturated rings. The number of nitrogens with one attached hydrogen (secondary N) is 1. The van der Waals surface area contributed by atoms with Crippen molar-refractivity contribution in [2.24, 2.45) is 0 Å². The minimum absolute atomic E-state index is 0.309. The highest BCUT2D eigenvalue weighted by Gasteiger charge is 2.14. The largest absolute Gasteiger partial charge is 0.465 e. The molecule has 122 valence electrons. The number of aryl methyl sites for hydroxylation is 2. The van der Waals surface area contributed by atoms with Gasteiger partial charge in [0.2, 0.25) is 0 Å². The molecule has 3 aromatic rings. The van der Waals surface area contributed by atoms with Gasteiger partial charge in [-0.15, -0.1) is 0 Å². The molecule has 0 saturated carbocycles. The molecule has 6 heteroatoms. The number of hydrogen-bond donors (Lipinski definition) is 1. The van der Waals surface area contributed by atoms with E-state index in [-0.39, 0.29) is 5.91 Å². The summed E-state index contributed by atoms with van der Waals surface area (Å²) in [5.74, 6) is -0.782. The van der Waals surface area contributed by atoms with Crippen molar-refractivity contribution in [3.05, 3.63) is 65.1 Å². The highest BCUT2D eigenvalue weighted by atomic mass is 16.5. The zero-order valence-corrected chi connectivity index (χ0v) is 13.7. The second kappa shape index (κ2) is 6.16. The average Bonchev–Trinajstić information content (AvgIpc) is 2.99. The Morgan fingerprint density at radius 1 is 1.17 bits per heavy atom. The highest BCUT2D eigenvalue weighted by Crippen LogP contribution is 2.19. The summed E-state index contributed by atoms with van der Waals surface area (Å²) in [5, 5.41) is 2.80. The molecular weight excluding hydrogens is 306 g/mol. The molecule has 1 N–H and O–H groups in total. The molecule has 0 atom stereocenters. The van der Waals surface area contributed by atoms with E-state index in [4.69, 9.17) is 4.74 Å². The summed E-state index contributed by atoms with van der Waals surface area (Å²) in [6.45, 7) is 3.82. The number of pyridine rings is 1. The molecular formula is C18H17N3O3. The number of carbonyl (C=O) groups is 2. The SMILES string of the molecule is COC(=O)c1ccc(C)c(NC(=O)c2cn3ccc(C)cc3n2)c1. The van der Waals surface area contributed by atoms with Crippen molar-refractivity contribution in [2.45, 2.75) is 13.8 Å². The minimum atomic E-state index is -0.450. The number of benzene rings is 1. The van der Waals surface area contributed by atoms with Crippen LogP contribution in [0.3, 0.4) is 0 Å². The predicted molar refractivity (Wildman–Crippen MR) is 90.4 cm³/mol. The van der Waals surface area contributed by atoms with E-state index in [0.717, 1.165) is 11.1 Å². The van der Waals surface area contributed by atoms with Gasteiger partial charge in [0, 0.05) is 18.1 Å². The molecule has 0 aliphatic rings. The molecule has 2 aromatic heterocycles. The van der Waals surface area contributed by atoms with Gasteiger partial charge < -0.3 is 14.5 Å². The van der Waals surface area contributed by atoms with Crippen LogP contribution in [0.1, 0.15) is 32.0 Å². The smallest absolute Gasteiger partial charge is 0.337 e. The molecule has 24 heavy (non-hydrogen) atoms. The molecule has 0 spiro atoms. The Labute approximate surface area is 139 Å². The van der Waals surface area contributed by atoms with E-state index in [1.165, 1.54) is 7.11 Å². The Morgan fingerprint density at radius 2 is 1.96 bits per heavy atom. The van der Waals surface area contributed by atoms with Crippen molar-refractivity contribution in [3.63, 3.8) is 0 Å². The van der Waals surface area contributed by atoms with Crippen LogP contribution in [0.25, 0.3) is 5.65 Å². The summed E-state index contributed by atoms with van der Waals surface area (Å²) in [7, 11) is 1.32. The maximum absolute atomic E-state index is 12.5. The van der Waals surface area contributed by atoms with E-state index in [0.29, 0.717) is 22.6 Å². The van der Waals surface area contributed by atoms with Gasteiger partial charge in [0.1, 0.15) is 11.3 Å². The number of ether oxygens (including phenoxy) is 1. The van der Waals surface area contributed by atoms with Gasteiger partial charge >= 0.3 is 5.97 Å². The van der Waals surface area contributed by atoms with Crippen LogP contribution in [0, 0.1) is 13.8 Å². The van der Waals surface area contributed by atoms with Gasteiger partial charge in [-0.25, -0.2) is 9.78 Å². The second-order valence-corrected chi connectivity index (χ2v) is 5.57. The molecule has 0 aliphatic carbocycles. The number of nitrogens with zero attached hydrogens (tertiary/aromatic N) is 2. The van der Waals surface area contributed by atoms with Crippen molar-refractivity contribution in [3.8, 4) is 0 Å². The van der Waals surface area contributed by atoms with Crippen molar-refractivity contribution < 1.29 is 14.3 Å². The number of fused-ring (bicyclic) bond motifs is 1. The van der Waals surface area contributed by atoms with Crippen molar-refractivity contribution >= 4 is 23.2 Å². The number of anilines is 1. The molecule has 0 bridgehead atoms. The third-order valence-corrected chi connectivity index (χ3v) is 3.76. The summed E-state index contributed by atoms with van der Waals surface area (Å²) >= 11 is 0. The standard InChI is InChI=1S/C18H17N3O3/c1-11-6-7-21-10-15(19-16(21)8-11)17(22)20-14-9-13(18(23)24-3)5-4-12(14)2/h4-10H,1-3H3,(H,20,22). The summed E-state index contributed by atoms with van der Waals surface area (Å²) < 4.78 is 6.50. The van der Waals surface area contributed by atoms with Crippen LogP contribution in [0.15, 0.2) is 42.7 Å². The van der Waals surface area contributed by atoms with Gasteiger partial charge in [0.15, 0.2) is 0 Å². The normalized spacial score (nSPS) is 10.6. The number of carbonyl (C=O) groups excluding carboxylic acids is 2. The van der Waals surface area contributed by atoms with Crippen LogP contribution in [0.2, 0.25) is 0 Å². The van der Waals surface area contributed by atoms with Crippen molar-refractivity contribution in [2.75, 3.05) is 12.4 Å². The number of hydrogen-bond acceptors (Lipinski definition) is 4. The first-order chi connectivity index (χ1) is 11.5. The summed E-state index contributed by atoms with van der Waals surface area (Å²) in [5.41, 5.74) is 3.86. The average molecular weight is 323 g/mol. The Hall–Kier alpha value is -3.15. The predicted octanol–water partition coefficient (Wildman–Crippen LogP) is 2.99. The highest BCUT2D eigenvalue weighted by molar-refractivity contribution is 6.04. The second-order valence-electron chi connectivity index (χ2n) is 5.57. The lowest BCUT2D eigenvalue weighted by atomic mass is 10.1. The zero-order valence-electron chi connectivity index (χ0n) is 13.7. The Bertz CT molecular complexity index is 944.